The lowest BCUT2D eigenvalue weighted by molar-refractivity contribution is -0.116. The van der Waals surface area contributed by atoms with E-state index in [9.17, 15) is 14.0 Å². The number of hydrogen-bond acceptors (Lipinski definition) is 4. The second kappa shape index (κ2) is 7.31. The molecule has 0 radical (unpaired) electrons. The third-order valence-electron chi connectivity index (χ3n) is 4.45. The van der Waals surface area contributed by atoms with E-state index in [1.165, 1.54) is 41.4 Å². The van der Waals surface area contributed by atoms with Crippen molar-refractivity contribution in [2.24, 2.45) is 0 Å². The third kappa shape index (κ3) is 3.77. The van der Waals surface area contributed by atoms with Crippen LogP contribution in [0.1, 0.15) is 11.1 Å². The van der Waals surface area contributed by atoms with E-state index in [0.717, 1.165) is 16.8 Å². The topological polar surface area (TPSA) is 81.8 Å². The van der Waals surface area contributed by atoms with Crippen LogP contribution in [-0.2, 0) is 11.3 Å². The largest absolute Gasteiger partial charge is 0.325 e. The van der Waals surface area contributed by atoms with Gasteiger partial charge in [0, 0.05) is 5.69 Å². The standard InChI is InChI=1S/C21H18FN5O2/c1-13-7-14(2)9-17(8-13)27-20-18(10-24-27)21(29)26(12-23-20)11-19(28)25-16-5-3-15(22)4-6-16/h3-10,12H,11H2,1-2H3,(H,25,28). The Morgan fingerprint density at radius 2 is 1.79 bits per heavy atom. The van der Waals surface area contributed by atoms with Gasteiger partial charge in [-0.25, -0.2) is 14.1 Å². The van der Waals surface area contributed by atoms with E-state index in [-0.39, 0.29) is 12.1 Å². The fourth-order valence-electron chi connectivity index (χ4n) is 3.21. The minimum absolute atomic E-state index is 0.214. The van der Waals surface area contributed by atoms with Gasteiger partial charge in [-0.1, -0.05) is 6.07 Å². The van der Waals surface area contributed by atoms with Crippen LogP contribution in [0.2, 0.25) is 0 Å². The molecule has 0 spiro atoms. The highest BCUT2D eigenvalue weighted by Gasteiger charge is 2.14. The van der Waals surface area contributed by atoms with Gasteiger partial charge in [-0.15, -0.1) is 0 Å². The molecule has 2 heterocycles. The summed E-state index contributed by atoms with van der Waals surface area (Å²) in [6.07, 6.45) is 2.78. The number of fused-ring (bicyclic) bond motifs is 1. The molecule has 1 N–H and O–H groups in total. The van der Waals surface area contributed by atoms with Gasteiger partial charge in [-0.05, 0) is 61.4 Å². The highest BCUT2D eigenvalue weighted by Crippen LogP contribution is 2.17. The number of carbonyl (C=O) groups is 1. The second-order valence-electron chi connectivity index (χ2n) is 6.87. The highest BCUT2D eigenvalue weighted by molar-refractivity contribution is 5.90. The van der Waals surface area contributed by atoms with Gasteiger partial charge in [0.05, 0.1) is 11.9 Å². The van der Waals surface area contributed by atoms with Crippen LogP contribution in [0.15, 0.2) is 59.8 Å². The van der Waals surface area contributed by atoms with Crippen molar-refractivity contribution in [2.75, 3.05) is 5.32 Å². The van der Waals surface area contributed by atoms with Gasteiger partial charge in [0.2, 0.25) is 5.91 Å². The fourth-order valence-corrected chi connectivity index (χ4v) is 3.21. The number of benzene rings is 2. The van der Waals surface area contributed by atoms with Crippen molar-refractivity contribution in [1.82, 2.24) is 19.3 Å². The normalized spacial score (nSPS) is 11.0. The molecular weight excluding hydrogens is 373 g/mol. The Labute approximate surface area is 165 Å². The zero-order valence-electron chi connectivity index (χ0n) is 15.9. The Kier molecular flexibility index (Phi) is 4.67. The van der Waals surface area contributed by atoms with E-state index in [1.807, 2.05) is 26.0 Å². The van der Waals surface area contributed by atoms with E-state index in [4.69, 9.17) is 0 Å². The van der Waals surface area contributed by atoms with Crippen molar-refractivity contribution in [1.29, 1.82) is 0 Å². The van der Waals surface area contributed by atoms with Gasteiger partial charge >= 0.3 is 0 Å². The van der Waals surface area contributed by atoms with Crippen molar-refractivity contribution in [2.45, 2.75) is 20.4 Å². The lowest BCUT2D eigenvalue weighted by atomic mass is 10.1. The molecule has 0 fully saturated rings. The molecule has 4 rings (SSSR count). The van der Waals surface area contributed by atoms with E-state index < -0.39 is 11.7 Å². The molecule has 29 heavy (non-hydrogen) atoms. The molecule has 0 saturated carbocycles. The molecule has 1 amide bonds. The van der Waals surface area contributed by atoms with Crippen molar-refractivity contribution in [3.63, 3.8) is 0 Å². The van der Waals surface area contributed by atoms with Gasteiger partial charge in [0.15, 0.2) is 5.65 Å². The van der Waals surface area contributed by atoms with Crippen LogP contribution in [0.3, 0.4) is 0 Å². The molecule has 0 aliphatic carbocycles. The first-order valence-electron chi connectivity index (χ1n) is 8.98. The number of rotatable bonds is 4. The lowest BCUT2D eigenvalue weighted by Crippen LogP contribution is -2.27. The summed E-state index contributed by atoms with van der Waals surface area (Å²) in [6, 6.07) is 11.4. The summed E-state index contributed by atoms with van der Waals surface area (Å²) >= 11 is 0. The first-order valence-corrected chi connectivity index (χ1v) is 8.98. The smallest absolute Gasteiger partial charge is 0.264 e. The number of aryl methyl sites for hydroxylation is 2. The van der Waals surface area contributed by atoms with E-state index >= 15 is 0 Å². The Morgan fingerprint density at radius 1 is 1.10 bits per heavy atom. The molecule has 146 valence electrons. The molecule has 2 aromatic carbocycles. The molecule has 0 unspecified atom stereocenters. The minimum Gasteiger partial charge on any atom is -0.325 e. The van der Waals surface area contributed by atoms with Crippen LogP contribution in [-0.4, -0.2) is 25.2 Å². The van der Waals surface area contributed by atoms with Gasteiger partial charge in [-0.2, -0.15) is 5.10 Å². The monoisotopic (exact) mass is 391 g/mol. The maximum atomic E-state index is 13.0. The summed E-state index contributed by atoms with van der Waals surface area (Å²) in [5, 5.41) is 7.25. The minimum atomic E-state index is -0.415. The maximum Gasteiger partial charge on any atom is 0.264 e. The van der Waals surface area contributed by atoms with Crippen molar-refractivity contribution < 1.29 is 9.18 Å². The van der Waals surface area contributed by atoms with Gasteiger partial charge < -0.3 is 5.32 Å². The average Bonchev–Trinajstić information content (AvgIpc) is 3.10. The van der Waals surface area contributed by atoms with Crippen LogP contribution in [0.4, 0.5) is 10.1 Å². The quantitative estimate of drug-likeness (QED) is 0.580. The number of halogens is 1. The van der Waals surface area contributed by atoms with Gasteiger partial charge in [0.25, 0.3) is 5.56 Å². The van der Waals surface area contributed by atoms with Gasteiger partial charge in [0.1, 0.15) is 24.1 Å². The predicted molar refractivity (Wildman–Crippen MR) is 108 cm³/mol. The SMILES string of the molecule is Cc1cc(C)cc(-n2ncc3c(=O)n(CC(=O)Nc4ccc(F)cc4)cnc32)c1. The number of nitrogens with zero attached hydrogens (tertiary/aromatic N) is 4. The zero-order valence-corrected chi connectivity index (χ0v) is 15.9. The number of carbonyl (C=O) groups excluding carboxylic acids is 1. The third-order valence-corrected chi connectivity index (χ3v) is 4.45. The molecule has 0 saturated heterocycles. The molecule has 0 atom stereocenters. The molecule has 0 bridgehead atoms. The van der Waals surface area contributed by atoms with Crippen LogP contribution in [0, 0.1) is 19.7 Å². The molecular formula is C21H18FN5O2. The predicted octanol–water partition coefficient (Wildman–Crippen LogP) is 2.98. The highest BCUT2D eigenvalue weighted by atomic mass is 19.1. The van der Waals surface area contributed by atoms with Crippen LogP contribution < -0.4 is 10.9 Å². The Hall–Kier alpha value is -3.81. The Morgan fingerprint density at radius 3 is 2.48 bits per heavy atom. The van der Waals surface area contributed by atoms with Crippen molar-refractivity contribution in [3.8, 4) is 5.69 Å². The van der Waals surface area contributed by atoms with E-state index in [0.29, 0.717) is 16.7 Å². The molecule has 2 aromatic heterocycles. The van der Waals surface area contributed by atoms with Crippen LogP contribution >= 0.6 is 0 Å². The summed E-state index contributed by atoms with van der Waals surface area (Å²) in [6.45, 7) is 3.76. The van der Waals surface area contributed by atoms with Crippen LogP contribution in [0.25, 0.3) is 16.7 Å². The average molecular weight is 391 g/mol. The first kappa shape index (κ1) is 18.5. The van der Waals surface area contributed by atoms with Crippen molar-refractivity contribution >= 4 is 22.6 Å². The molecule has 8 heteroatoms. The molecule has 7 nitrogen and oxygen atoms in total. The Bertz CT molecular complexity index is 1250. The number of nitrogens with one attached hydrogen (secondary N) is 1. The molecule has 0 aliphatic rings. The van der Waals surface area contributed by atoms with E-state index in [2.05, 4.69) is 21.5 Å². The number of hydrogen-bond donors (Lipinski definition) is 1. The summed E-state index contributed by atoms with van der Waals surface area (Å²) in [7, 11) is 0. The number of amides is 1. The van der Waals surface area contributed by atoms with Crippen molar-refractivity contribution in [3.05, 3.63) is 82.3 Å². The molecule has 0 aliphatic heterocycles. The number of aromatic nitrogens is 4. The summed E-state index contributed by atoms with van der Waals surface area (Å²) in [4.78, 5) is 29.4. The summed E-state index contributed by atoms with van der Waals surface area (Å²) < 4.78 is 15.8. The maximum absolute atomic E-state index is 13.0. The second-order valence-corrected chi connectivity index (χ2v) is 6.87. The summed E-state index contributed by atoms with van der Waals surface area (Å²) in [5.74, 6) is -0.809. The zero-order chi connectivity index (χ0) is 20.5. The Balaban J connectivity index is 1.62. The van der Waals surface area contributed by atoms with E-state index in [1.54, 1.807) is 4.68 Å². The number of anilines is 1. The lowest BCUT2D eigenvalue weighted by Gasteiger charge is -2.08. The summed E-state index contributed by atoms with van der Waals surface area (Å²) in [5.41, 5.74) is 3.48. The molecule has 4 aromatic rings. The van der Waals surface area contributed by atoms with Crippen LogP contribution in [0.5, 0.6) is 0 Å². The fraction of sp³-hybridized carbons (Fsp3) is 0.143. The first-order chi connectivity index (χ1) is 13.9. The van der Waals surface area contributed by atoms with Gasteiger partial charge in [-0.3, -0.25) is 14.2 Å².